The van der Waals surface area contributed by atoms with Crippen LogP contribution in [-0.2, 0) is 28.6 Å². The fourth-order valence-electron chi connectivity index (χ4n) is 7.80. The summed E-state index contributed by atoms with van der Waals surface area (Å²) in [5.74, 6) is -0.899. The average molecular weight is 909 g/mol. The molecule has 1 unspecified atom stereocenters. The molecule has 1 atom stereocenters. The first-order chi connectivity index (χ1) is 32.0. The van der Waals surface area contributed by atoms with Crippen molar-refractivity contribution in [3.63, 3.8) is 0 Å². The second-order valence-corrected chi connectivity index (χ2v) is 18.5. The van der Waals surface area contributed by atoms with E-state index in [-0.39, 0.29) is 31.1 Å². The van der Waals surface area contributed by atoms with E-state index in [1.807, 2.05) is 0 Å². The maximum absolute atomic E-state index is 12.8. The molecule has 0 radical (unpaired) electrons. The zero-order valence-corrected chi connectivity index (χ0v) is 43.0. The summed E-state index contributed by atoms with van der Waals surface area (Å²) in [5, 5.41) is 0. The van der Waals surface area contributed by atoms with Gasteiger partial charge in [0.05, 0.1) is 0 Å². The van der Waals surface area contributed by atoms with Crippen LogP contribution >= 0.6 is 0 Å². The number of rotatable bonds is 50. The van der Waals surface area contributed by atoms with Crippen molar-refractivity contribution < 1.29 is 28.6 Å². The van der Waals surface area contributed by atoms with Crippen LogP contribution in [0, 0.1) is 0 Å². The summed E-state index contributed by atoms with van der Waals surface area (Å²) >= 11 is 0. The topological polar surface area (TPSA) is 78.9 Å². The molecule has 0 aromatic rings. The molecule has 0 fully saturated rings. The van der Waals surface area contributed by atoms with Gasteiger partial charge >= 0.3 is 17.9 Å². The monoisotopic (exact) mass is 909 g/mol. The lowest BCUT2D eigenvalue weighted by molar-refractivity contribution is -0.167. The fraction of sp³-hybridized carbons (Fsp3) is 0.780. The summed E-state index contributed by atoms with van der Waals surface area (Å²) < 4.78 is 16.8. The maximum Gasteiger partial charge on any atom is 0.306 e. The molecular formula is C59H104O6. The number of allylic oxidation sites excluding steroid dienone is 10. The Hall–Kier alpha value is -2.89. The quantitative estimate of drug-likeness (QED) is 0.0262. The Morgan fingerprint density at radius 3 is 0.969 bits per heavy atom. The van der Waals surface area contributed by atoms with E-state index in [0.717, 1.165) is 103 Å². The van der Waals surface area contributed by atoms with Gasteiger partial charge in [0, 0.05) is 19.3 Å². The van der Waals surface area contributed by atoms with Crippen molar-refractivity contribution in [2.75, 3.05) is 13.2 Å². The molecule has 6 heteroatoms. The highest BCUT2D eigenvalue weighted by Gasteiger charge is 2.19. The first kappa shape index (κ1) is 62.1. The Balaban J connectivity index is 4.40. The lowest BCUT2D eigenvalue weighted by Crippen LogP contribution is -2.30. The van der Waals surface area contributed by atoms with E-state index in [0.29, 0.717) is 19.3 Å². The first-order valence-electron chi connectivity index (χ1n) is 27.8. The van der Waals surface area contributed by atoms with E-state index in [2.05, 4.69) is 81.5 Å². The van der Waals surface area contributed by atoms with E-state index in [1.165, 1.54) is 135 Å². The smallest absolute Gasteiger partial charge is 0.306 e. The van der Waals surface area contributed by atoms with E-state index in [9.17, 15) is 14.4 Å². The highest BCUT2D eigenvalue weighted by Crippen LogP contribution is 2.15. The molecule has 376 valence electrons. The molecule has 0 aromatic heterocycles. The molecule has 0 N–H and O–H groups in total. The minimum absolute atomic E-state index is 0.0836. The zero-order valence-electron chi connectivity index (χ0n) is 43.0. The van der Waals surface area contributed by atoms with Crippen LogP contribution in [0.5, 0.6) is 0 Å². The van der Waals surface area contributed by atoms with Gasteiger partial charge in [0.25, 0.3) is 0 Å². The van der Waals surface area contributed by atoms with E-state index >= 15 is 0 Å². The lowest BCUT2D eigenvalue weighted by Gasteiger charge is -2.18. The number of hydrogen-bond acceptors (Lipinski definition) is 6. The van der Waals surface area contributed by atoms with Crippen LogP contribution in [0.2, 0.25) is 0 Å². The SMILES string of the molecule is CC/C=C\C/C=C\CCCCCCCCCC(=O)OCC(COC(=O)CCCCCCCCC/C=C\C/C=C\CCCCC)OC(=O)CCCCCCC/C=C\CCCCCCCCC. The number of esters is 3. The second-order valence-electron chi connectivity index (χ2n) is 18.5. The van der Waals surface area contributed by atoms with Crippen molar-refractivity contribution in [3.8, 4) is 0 Å². The summed E-state index contributed by atoms with van der Waals surface area (Å²) in [7, 11) is 0. The molecule has 0 saturated carbocycles. The van der Waals surface area contributed by atoms with E-state index in [4.69, 9.17) is 14.2 Å². The Labute approximate surface area is 402 Å². The summed E-state index contributed by atoms with van der Waals surface area (Å²) in [6, 6.07) is 0. The molecular weight excluding hydrogens is 805 g/mol. The van der Waals surface area contributed by atoms with Gasteiger partial charge in [0.2, 0.25) is 0 Å². The van der Waals surface area contributed by atoms with Crippen molar-refractivity contribution in [2.45, 2.75) is 284 Å². The summed E-state index contributed by atoms with van der Waals surface area (Å²) in [6.07, 6.45) is 66.3. The van der Waals surface area contributed by atoms with Crippen LogP contribution < -0.4 is 0 Å². The first-order valence-corrected chi connectivity index (χ1v) is 27.8. The van der Waals surface area contributed by atoms with Crippen LogP contribution in [0.4, 0.5) is 0 Å². The van der Waals surface area contributed by atoms with Crippen LogP contribution in [-0.4, -0.2) is 37.2 Å². The third kappa shape index (κ3) is 51.9. The van der Waals surface area contributed by atoms with E-state index in [1.54, 1.807) is 0 Å². The van der Waals surface area contributed by atoms with Crippen LogP contribution in [0.25, 0.3) is 0 Å². The van der Waals surface area contributed by atoms with E-state index < -0.39 is 6.10 Å². The largest absolute Gasteiger partial charge is 0.462 e. The third-order valence-corrected chi connectivity index (χ3v) is 12.0. The van der Waals surface area contributed by atoms with Gasteiger partial charge in [-0.1, -0.05) is 216 Å². The summed E-state index contributed by atoms with van der Waals surface area (Å²) in [4.78, 5) is 38.1. The van der Waals surface area contributed by atoms with Gasteiger partial charge in [-0.05, 0) is 103 Å². The molecule has 65 heavy (non-hydrogen) atoms. The summed E-state index contributed by atoms with van der Waals surface area (Å²) in [6.45, 7) is 6.50. The predicted octanol–water partition coefficient (Wildman–Crippen LogP) is 18.4. The highest BCUT2D eigenvalue weighted by molar-refractivity contribution is 5.71. The van der Waals surface area contributed by atoms with Gasteiger partial charge in [-0.15, -0.1) is 0 Å². The predicted molar refractivity (Wildman–Crippen MR) is 279 cm³/mol. The highest BCUT2D eigenvalue weighted by atomic mass is 16.6. The average Bonchev–Trinajstić information content (AvgIpc) is 3.30. The van der Waals surface area contributed by atoms with Gasteiger partial charge in [0.15, 0.2) is 6.10 Å². The van der Waals surface area contributed by atoms with Crippen LogP contribution in [0.3, 0.4) is 0 Å². The van der Waals surface area contributed by atoms with Crippen LogP contribution in [0.1, 0.15) is 278 Å². The Morgan fingerprint density at radius 1 is 0.323 bits per heavy atom. The number of ether oxygens (including phenoxy) is 3. The van der Waals surface area contributed by atoms with Gasteiger partial charge in [-0.3, -0.25) is 14.4 Å². The Morgan fingerprint density at radius 2 is 0.600 bits per heavy atom. The number of unbranched alkanes of at least 4 members (excludes halogenated alkanes) is 29. The van der Waals surface area contributed by atoms with Gasteiger partial charge < -0.3 is 14.2 Å². The lowest BCUT2D eigenvalue weighted by atomic mass is 10.1. The minimum Gasteiger partial charge on any atom is -0.462 e. The van der Waals surface area contributed by atoms with Crippen LogP contribution in [0.15, 0.2) is 60.8 Å². The number of carbonyl (C=O) groups excluding carboxylic acids is 3. The summed E-state index contributed by atoms with van der Waals surface area (Å²) in [5.41, 5.74) is 0. The van der Waals surface area contributed by atoms with Crippen molar-refractivity contribution in [1.29, 1.82) is 0 Å². The molecule has 0 heterocycles. The maximum atomic E-state index is 12.8. The van der Waals surface area contributed by atoms with Crippen molar-refractivity contribution >= 4 is 17.9 Å². The Kier molecular flexibility index (Phi) is 51.3. The Bertz CT molecular complexity index is 1180. The normalized spacial score (nSPS) is 12.5. The van der Waals surface area contributed by atoms with Gasteiger partial charge in [-0.2, -0.15) is 0 Å². The third-order valence-electron chi connectivity index (χ3n) is 12.0. The molecule has 6 nitrogen and oxygen atoms in total. The minimum atomic E-state index is -0.784. The van der Waals surface area contributed by atoms with Gasteiger partial charge in [0.1, 0.15) is 13.2 Å². The van der Waals surface area contributed by atoms with Crippen molar-refractivity contribution in [3.05, 3.63) is 60.8 Å². The second kappa shape index (κ2) is 53.7. The fourth-order valence-corrected chi connectivity index (χ4v) is 7.80. The zero-order chi connectivity index (χ0) is 47.2. The molecule has 0 aromatic carbocycles. The van der Waals surface area contributed by atoms with Crippen molar-refractivity contribution in [1.82, 2.24) is 0 Å². The molecule has 0 aliphatic heterocycles. The molecule has 0 bridgehead atoms. The molecule has 0 aliphatic carbocycles. The standard InChI is InChI=1S/C59H104O6/c1-4-7-10-13-16-19-22-25-28-30-32-34-37-40-43-46-49-52-58(61)64-55-56(54-63-57(60)51-48-45-42-39-36-33-27-24-21-18-15-12-9-6-3)65-59(62)53-50-47-44-41-38-35-31-29-26-23-20-17-14-11-8-5-2/h9,12,16,18-19,21,25,28-29,31,56H,4-8,10-11,13-15,17,20,22-24,26-27,30,32-55H2,1-3H3/b12-9-,19-16-,21-18-,28-25-,31-29-. The number of carbonyl (C=O) groups is 3. The molecule has 0 rings (SSSR count). The molecule has 0 spiro atoms. The number of hydrogen-bond donors (Lipinski definition) is 0. The molecule has 0 saturated heterocycles. The van der Waals surface area contributed by atoms with Crippen molar-refractivity contribution in [2.24, 2.45) is 0 Å². The van der Waals surface area contributed by atoms with Gasteiger partial charge in [-0.25, -0.2) is 0 Å². The molecule has 0 aliphatic rings. The molecule has 0 amide bonds.